The number of benzene rings is 2. The molecule has 0 saturated heterocycles. The average molecular weight is 336 g/mol. The normalized spacial score (nSPS) is 9.28. The molecule has 130 valence electrons. The van der Waals surface area contributed by atoms with E-state index in [-0.39, 0.29) is 0 Å². The van der Waals surface area contributed by atoms with E-state index in [0.29, 0.717) is 26.4 Å². The van der Waals surface area contributed by atoms with E-state index in [1.165, 1.54) is 5.56 Å². The summed E-state index contributed by atoms with van der Waals surface area (Å²) in [4.78, 5) is 0. The van der Waals surface area contributed by atoms with Gasteiger partial charge in [0.15, 0.2) is 0 Å². The summed E-state index contributed by atoms with van der Waals surface area (Å²) in [6, 6.07) is 15.9. The highest BCUT2D eigenvalue weighted by atomic mass is 16.5. The summed E-state index contributed by atoms with van der Waals surface area (Å²) in [5.74, 6) is 5.69. The Morgan fingerprint density at radius 1 is 0.760 bits per heavy atom. The molecule has 0 atom stereocenters. The molecule has 0 aliphatic rings. The van der Waals surface area contributed by atoms with E-state index in [9.17, 15) is 0 Å². The van der Waals surface area contributed by atoms with Gasteiger partial charge in [-0.05, 0) is 30.2 Å². The van der Waals surface area contributed by atoms with Crippen LogP contribution in [0, 0.1) is 31.6 Å². The highest BCUT2D eigenvalue weighted by Crippen LogP contribution is 2.11. The van der Waals surface area contributed by atoms with Crippen LogP contribution in [0.1, 0.15) is 16.7 Å². The van der Waals surface area contributed by atoms with Crippen LogP contribution in [-0.2, 0) is 22.7 Å². The Kier molecular flexibility index (Phi) is 10.3. The lowest BCUT2D eigenvalue weighted by Gasteiger charge is -2.02. The van der Waals surface area contributed by atoms with Crippen LogP contribution in [-0.4, -0.2) is 20.3 Å². The molecule has 2 aromatic rings. The molecule has 25 heavy (non-hydrogen) atoms. The van der Waals surface area contributed by atoms with Crippen molar-refractivity contribution < 1.29 is 14.2 Å². The predicted octanol–water partition coefficient (Wildman–Crippen LogP) is 3.99. The SMILES string of the molecule is C#CCOCc1ccc(C)cc1.C#CCOCc1ccc(OC)cc1. The van der Waals surface area contributed by atoms with Gasteiger partial charge in [0.05, 0.1) is 20.3 Å². The van der Waals surface area contributed by atoms with Gasteiger partial charge < -0.3 is 14.2 Å². The van der Waals surface area contributed by atoms with Crippen LogP contribution in [0.3, 0.4) is 0 Å². The lowest BCUT2D eigenvalue weighted by atomic mass is 10.2. The van der Waals surface area contributed by atoms with E-state index in [0.717, 1.165) is 16.9 Å². The molecule has 0 spiro atoms. The first kappa shape index (κ1) is 20.3. The van der Waals surface area contributed by atoms with Gasteiger partial charge in [-0.1, -0.05) is 53.8 Å². The monoisotopic (exact) mass is 336 g/mol. The molecule has 0 radical (unpaired) electrons. The van der Waals surface area contributed by atoms with E-state index in [1.54, 1.807) is 7.11 Å². The molecule has 0 fully saturated rings. The quantitative estimate of drug-likeness (QED) is 0.565. The standard InChI is InChI=1S/C11H12O2.C11H12O/c1-3-8-13-9-10-4-6-11(12-2)7-5-10;1-3-8-12-9-11-6-4-10(2)5-7-11/h1,4-7H,8-9H2,2H3;1,4-7H,8-9H2,2H3. The fraction of sp³-hybridized carbons (Fsp3) is 0.273. The molecule has 0 aromatic heterocycles. The van der Waals surface area contributed by atoms with Crippen LogP contribution in [0.15, 0.2) is 48.5 Å². The minimum atomic E-state index is 0.353. The third kappa shape index (κ3) is 9.23. The number of aryl methyl sites for hydroxylation is 1. The van der Waals surface area contributed by atoms with Crippen LogP contribution in [0.4, 0.5) is 0 Å². The zero-order valence-corrected chi connectivity index (χ0v) is 14.8. The van der Waals surface area contributed by atoms with Gasteiger partial charge >= 0.3 is 0 Å². The molecule has 3 nitrogen and oxygen atoms in total. The molecule has 0 amide bonds. The second-order valence-corrected chi connectivity index (χ2v) is 5.23. The summed E-state index contributed by atoms with van der Waals surface area (Å²) in [6.07, 6.45) is 10.1. The summed E-state index contributed by atoms with van der Waals surface area (Å²) in [5, 5.41) is 0. The van der Waals surface area contributed by atoms with Crippen molar-refractivity contribution in [3.8, 4) is 30.4 Å². The van der Waals surface area contributed by atoms with Crippen molar-refractivity contribution in [2.75, 3.05) is 20.3 Å². The zero-order valence-electron chi connectivity index (χ0n) is 14.8. The van der Waals surface area contributed by atoms with Gasteiger partial charge in [0.25, 0.3) is 0 Å². The third-order valence-corrected chi connectivity index (χ3v) is 3.19. The van der Waals surface area contributed by atoms with Gasteiger partial charge in [0.2, 0.25) is 0 Å². The summed E-state index contributed by atoms with van der Waals surface area (Å²) < 4.78 is 15.4. The highest BCUT2D eigenvalue weighted by molar-refractivity contribution is 5.26. The van der Waals surface area contributed by atoms with Crippen molar-refractivity contribution >= 4 is 0 Å². The lowest BCUT2D eigenvalue weighted by molar-refractivity contribution is 0.153. The molecule has 0 saturated carbocycles. The van der Waals surface area contributed by atoms with Crippen LogP contribution < -0.4 is 4.74 Å². The maximum Gasteiger partial charge on any atom is 0.118 e. The van der Waals surface area contributed by atoms with Gasteiger partial charge in [0.1, 0.15) is 19.0 Å². The Morgan fingerprint density at radius 2 is 1.20 bits per heavy atom. The molecule has 3 heteroatoms. The Morgan fingerprint density at radius 3 is 1.60 bits per heavy atom. The van der Waals surface area contributed by atoms with E-state index >= 15 is 0 Å². The van der Waals surface area contributed by atoms with E-state index in [4.69, 9.17) is 27.1 Å². The van der Waals surface area contributed by atoms with E-state index in [2.05, 4.69) is 30.9 Å². The van der Waals surface area contributed by atoms with Gasteiger partial charge in [-0.2, -0.15) is 0 Å². The first-order valence-electron chi connectivity index (χ1n) is 7.90. The second-order valence-electron chi connectivity index (χ2n) is 5.23. The largest absolute Gasteiger partial charge is 0.497 e. The molecule has 0 aliphatic heterocycles. The van der Waals surface area contributed by atoms with Gasteiger partial charge in [-0.25, -0.2) is 0 Å². The fourth-order valence-corrected chi connectivity index (χ4v) is 1.86. The van der Waals surface area contributed by atoms with Crippen LogP contribution in [0.2, 0.25) is 0 Å². The van der Waals surface area contributed by atoms with Crippen LogP contribution >= 0.6 is 0 Å². The average Bonchev–Trinajstić information content (AvgIpc) is 2.65. The molecular formula is C22H24O3. The number of ether oxygens (including phenoxy) is 3. The molecular weight excluding hydrogens is 312 g/mol. The maximum absolute atomic E-state index is 5.17. The van der Waals surface area contributed by atoms with Gasteiger partial charge in [0, 0.05) is 0 Å². The minimum absolute atomic E-state index is 0.353. The molecule has 0 unspecified atom stereocenters. The number of hydrogen-bond acceptors (Lipinski definition) is 3. The molecule has 0 bridgehead atoms. The Labute approximate surface area is 150 Å². The van der Waals surface area contributed by atoms with Crippen molar-refractivity contribution in [3.05, 3.63) is 65.2 Å². The van der Waals surface area contributed by atoms with Crippen molar-refractivity contribution in [2.24, 2.45) is 0 Å². The Balaban J connectivity index is 0.000000251. The Bertz CT molecular complexity index is 673. The smallest absolute Gasteiger partial charge is 0.118 e. The second kappa shape index (κ2) is 12.7. The maximum atomic E-state index is 5.17. The molecule has 0 N–H and O–H groups in total. The Hall–Kier alpha value is -2.72. The number of hydrogen-bond donors (Lipinski definition) is 0. The minimum Gasteiger partial charge on any atom is -0.497 e. The number of methoxy groups -OCH3 is 1. The van der Waals surface area contributed by atoms with Crippen LogP contribution in [0.5, 0.6) is 5.75 Å². The molecule has 0 aliphatic carbocycles. The lowest BCUT2D eigenvalue weighted by Crippen LogP contribution is -1.92. The van der Waals surface area contributed by atoms with Crippen molar-refractivity contribution in [1.82, 2.24) is 0 Å². The summed E-state index contributed by atoms with van der Waals surface area (Å²) in [6.45, 7) is 3.95. The molecule has 2 rings (SSSR count). The number of terminal acetylenes is 2. The first-order valence-corrected chi connectivity index (χ1v) is 7.90. The van der Waals surface area contributed by atoms with Gasteiger partial charge in [-0.15, -0.1) is 12.8 Å². The van der Waals surface area contributed by atoms with E-state index < -0.39 is 0 Å². The third-order valence-electron chi connectivity index (χ3n) is 3.19. The van der Waals surface area contributed by atoms with Crippen LogP contribution in [0.25, 0.3) is 0 Å². The predicted molar refractivity (Wildman–Crippen MR) is 101 cm³/mol. The van der Waals surface area contributed by atoms with Crippen molar-refractivity contribution in [3.63, 3.8) is 0 Å². The highest BCUT2D eigenvalue weighted by Gasteiger charge is 1.93. The van der Waals surface area contributed by atoms with E-state index in [1.807, 2.05) is 36.4 Å². The van der Waals surface area contributed by atoms with Gasteiger partial charge in [-0.3, -0.25) is 0 Å². The summed E-state index contributed by atoms with van der Waals surface area (Å²) >= 11 is 0. The van der Waals surface area contributed by atoms with Crippen molar-refractivity contribution in [1.29, 1.82) is 0 Å². The molecule has 2 aromatic carbocycles. The van der Waals surface area contributed by atoms with Crippen molar-refractivity contribution in [2.45, 2.75) is 20.1 Å². The summed E-state index contributed by atoms with van der Waals surface area (Å²) in [7, 11) is 1.64. The fourth-order valence-electron chi connectivity index (χ4n) is 1.86. The zero-order chi connectivity index (χ0) is 18.3. The molecule has 0 heterocycles. The number of rotatable bonds is 7. The summed E-state index contributed by atoms with van der Waals surface area (Å²) in [5.41, 5.74) is 3.52. The first-order chi connectivity index (χ1) is 12.2. The topological polar surface area (TPSA) is 27.7 Å².